The molecule has 0 fully saturated rings. The number of primary sulfonamides is 1. The van der Waals surface area contributed by atoms with Gasteiger partial charge in [0.25, 0.3) is 5.91 Å². The van der Waals surface area contributed by atoms with Crippen molar-refractivity contribution in [3.63, 3.8) is 0 Å². The Balaban J connectivity index is 1.97. The minimum Gasteiger partial charge on any atom is -0.484 e. The van der Waals surface area contributed by atoms with E-state index >= 15 is 0 Å². The molecule has 146 valence electrons. The molecule has 2 rings (SSSR count). The van der Waals surface area contributed by atoms with Crippen molar-refractivity contribution in [2.45, 2.75) is 44.6 Å². The fourth-order valence-electron chi connectivity index (χ4n) is 2.86. The number of benzene rings is 2. The Morgan fingerprint density at radius 3 is 2.44 bits per heavy atom. The summed E-state index contributed by atoms with van der Waals surface area (Å²) in [6.07, 6.45) is 0. The van der Waals surface area contributed by atoms with Crippen LogP contribution in [0.3, 0.4) is 0 Å². The fourth-order valence-corrected chi connectivity index (χ4v) is 3.43. The van der Waals surface area contributed by atoms with Crippen LogP contribution in [0.1, 0.15) is 49.4 Å². The number of aryl methyl sites for hydroxylation is 1. The molecule has 0 bridgehead atoms. The number of carbonyl (C=O) groups excluding carboxylic acids is 1. The molecule has 0 aliphatic carbocycles. The highest BCUT2D eigenvalue weighted by molar-refractivity contribution is 7.89. The first-order valence-corrected chi connectivity index (χ1v) is 10.3. The smallest absolute Gasteiger partial charge is 0.258 e. The summed E-state index contributed by atoms with van der Waals surface area (Å²) in [6.45, 7) is 7.91. The average molecular weight is 391 g/mol. The van der Waals surface area contributed by atoms with Crippen LogP contribution in [0.4, 0.5) is 0 Å². The number of sulfonamides is 1. The number of hydrogen-bond acceptors (Lipinski definition) is 4. The highest BCUT2D eigenvalue weighted by atomic mass is 32.2. The van der Waals surface area contributed by atoms with Gasteiger partial charge < -0.3 is 10.1 Å². The molecule has 0 radical (unpaired) electrons. The summed E-state index contributed by atoms with van der Waals surface area (Å²) in [5, 5.41) is 7.94. The van der Waals surface area contributed by atoms with Crippen molar-refractivity contribution in [1.82, 2.24) is 5.32 Å². The lowest BCUT2D eigenvalue weighted by Crippen LogP contribution is -2.31. The van der Waals surface area contributed by atoms with Gasteiger partial charge in [-0.1, -0.05) is 32.0 Å². The number of nitrogens with two attached hydrogens (primary N) is 1. The Kier molecular flexibility index (Phi) is 6.62. The molecule has 0 aromatic heterocycles. The van der Waals surface area contributed by atoms with Gasteiger partial charge in [0.2, 0.25) is 10.0 Å². The molecule has 3 N–H and O–H groups in total. The number of ether oxygens (including phenoxy) is 1. The lowest BCUT2D eigenvalue weighted by Gasteiger charge is -2.16. The molecule has 0 heterocycles. The largest absolute Gasteiger partial charge is 0.484 e. The van der Waals surface area contributed by atoms with E-state index in [2.05, 4.69) is 19.2 Å². The van der Waals surface area contributed by atoms with Crippen molar-refractivity contribution in [1.29, 1.82) is 0 Å². The van der Waals surface area contributed by atoms with Crippen molar-refractivity contribution in [2.75, 3.05) is 6.61 Å². The topological polar surface area (TPSA) is 98.5 Å². The monoisotopic (exact) mass is 390 g/mol. The van der Waals surface area contributed by atoms with Gasteiger partial charge in [0.1, 0.15) is 5.75 Å². The molecule has 27 heavy (non-hydrogen) atoms. The average Bonchev–Trinajstić information content (AvgIpc) is 2.59. The van der Waals surface area contributed by atoms with Crippen LogP contribution in [0.15, 0.2) is 47.4 Å². The van der Waals surface area contributed by atoms with Crippen LogP contribution in [-0.2, 0) is 14.8 Å². The molecule has 0 spiro atoms. The summed E-state index contributed by atoms with van der Waals surface area (Å²) in [7, 11) is -3.78. The number of carbonyl (C=O) groups is 1. The van der Waals surface area contributed by atoms with Gasteiger partial charge in [0.05, 0.1) is 10.9 Å². The van der Waals surface area contributed by atoms with Crippen molar-refractivity contribution >= 4 is 15.9 Å². The molecule has 0 aliphatic rings. The molecule has 2 aromatic rings. The third kappa shape index (κ3) is 5.80. The summed E-state index contributed by atoms with van der Waals surface area (Å²) in [6, 6.07) is 11.6. The van der Waals surface area contributed by atoms with Crippen LogP contribution < -0.4 is 15.2 Å². The van der Waals surface area contributed by atoms with Gasteiger partial charge in [-0.3, -0.25) is 4.79 Å². The molecule has 1 unspecified atom stereocenters. The quantitative estimate of drug-likeness (QED) is 0.759. The second kappa shape index (κ2) is 8.54. The summed E-state index contributed by atoms with van der Waals surface area (Å²) in [5.74, 6) is 0.765. The molecule has 0 saturated heterocycles. The van der Waals surface area contributed by atoms with E-state index in [1.165, 1.54) is 17.7 Å². The third-order valence-electron chi connectivity index (χ3n) is 4.30. The van der Waals surface area contributed by atoms with Crippen molar-refractivity contribution in [3.8, 4) is 5.75 Å². The highest BCUT2D eigenvalue weighted by Crippen LogP contribution is 2.23. The Bertz CT molecular complexity index is 923. The highest BCUT2D eigenvalue weighted by Gasteiger charge is 2.14. The Morgan fingerprint density at radius 2 is 1.85 bits per heavy atom. The first-order chi connectivity index (χ1) is 12.6. The van der Waals surface area contributed by atoms with Crippen molar-refractivity contribution in [2.24, 2.45) is 5.14 Å². The molecular weight excluding hydrogens is 364 g/mol. The van der Waals surface area contributed by atoms with Crippen LogP contribution in [0, 0.1) is 6.92 Å². The number of nitrogens with one attached hydrogen (secondary N) is 1. The zero-order chi connectivity index (χ0) is 20.2. The van der Waals surface area contributed by atoms with E-state index in [0.717, 1.165) is 5.56 Å². The maximum atomic E-state index is 12.2. The van der Waals surface area contributed by atoms with E-state index in [-0.39, 0.29) is 23.5 Å². The molecule has 6 nitrogen and oxygen atoms in total. The second-order valence-corrected chi connectivity index (χ2v) is 8.43. The van der Waals surface area contributed by atoms with E-state index in [4.69, 9.17) is 9.88 Å². The number of amides is 1. The van der Waals surface area contributed by atoms with Gasteiger partial charge in [-0.2, -0.15) is 0 Å². The Morgan fingerprint density at radius 1 is 1.15 bits per heavy atom. The molecule has 0 saturated carbocycles. The van der Waals surface area contributed by atoms with E-state index in [1.54, 1.807) is 19.1 Å². The minimum absolute atomic E-state index is 0.0121. The summed E-state index contributed by atoms with van der Waals surface area (Å²) in [5.41, 5.74) is 3.01. The fraction of sp³-hybridized carbons (Fsp3) is 0.350. The Hall–Kier alpha value is -2.38. The maximum Gasteiger partial charge on any atom is 0.258 e. The summed E-state index contributed by atoms with van der Waals surface area (Å²) < 4.78 is 28.5. The molecule has 1 amide bonds. The van der Waals surface area contributed by atoms with Crippen molar-refractivity contribution in [3.05, 3.63) is 59.2 Å². The second-order valence-electron chi connectivity index (χ2n) is 6.87. The van der Waals surface area contributed by atoms with E-state index in [9.17, 15) is 13.2 Å². The van der Waals surface area contributed by atoms with Crippen LogP contribution in [0.2, 0.25) is 0 Å². The first-order valence-electron chi connectivity index (χ1n) is 8.73. The first kappa shape index (κ1) is 20.9. The molecular formula is C20H26N2O4S. The van der Waals surface area contributed by atoms with Gasteiger partial charge in [-0.05, 0) is 60.7 Å². The van der Waals surface area contributed by atoms with Crippen LogP contribution in [0.25, 0.3) is 0 Å². The predicted molar refractivity (Wildman–Crippen MR) is 105 cm³/mol. The lowest BCUT2D eigenvalue weighted by atomic mass is 9.98. The van der Waals surface area contributed by atoms with Gasteiger partial charge in [0.15, 0.2) is 6.61 Å². The predicted octanol–water partition coefficient (Wildman–Crippen LogP) is 3.02. The SMILES string of the molecule is Cc1cc(OCC(=O)NC(C)c2cccc(S(N)(=O)=O)c2)ccc1C(C)C. The van der Waals surface area contributed by atoms with Gasteiger partial charge in [-0.25, -0.2) is 13.6 Å². The van der Waals surface area contributed by atoms with Crippen LogP contribution in [0.5, 0.6) is 5.75 Å². The molecule has 0 aliphatic heterocycles. The third-order valence-corrected chi connectivity index (χ3v) is 5.21. The van der Waals surface area contributed by atoms with Gasteiger partial charge >= 0.3 is 0 Å². The van der Waals surface area contributed by atoms with Crippen LogP contribution in [-0.4, -0.2) is 20.9 Å². The van der Waals surface area contributed by atoms with Crippen molar-refractivity contribution < 1.29 is 17.9 Å². The normalized spacial score (nSPS) is 12.7. The summed E-state index contributed by atoms with van der Waals surface area (Å²) in [4.78, 5) is 12.2. The van der Waals surface area contributed by atoms with Gasteiger partial charge in [0, 0.05) is 0 Å². The van der Waals surface area contributed by atoms with E-state index < -0.39 is 10.0 Å². The molecule has 1 atom stereocenters. The van der Waals surface area contributed by atoms with Gasteiger partial charge in [-0.15, -0.1) is 0 Å². The minimum atomic E-state index is -3.78. The van der Waals surface area contributed by atoms with E-state index in [1.807, 2.05) is 25.1 Å². The standard InChI is InChI=1S/C20H26N2O4S/c1-13(2)19-9-8-17(10-14(19)3)26-12-20(23)22-15(4)16-6-5-7-18(11-16)27(21,24)25/h5-11,13,15H,12H2,1-4H3,(H,22,23)(H2,21,24,25). The lowest BCUT2D eigenvalue weighted by molar-refractivity contribution is -0.123. The maximum absolute atomic E-state index is 12.2. The number of hydrogen-bond donors (Lipinski definition) is 2. The zero-order valence-electron chi connectivity index (χ0n) is 16.0. The Labute approximate surface area is 160 Å². The molecule has 7 heteroatoms. The molecule has 2 aromatic carbocycles. The summed E-state index contributed by atoms with van der Waals surface area (Å²) >= 11 is 0. The zero-order valence-corrected chi connectivity index (χ0v) is 16.8. The van der Waals surface area contributed by atoms with E-state index in [0.29, 0.717) is 17.2 Å². The number of rotatable bonds is 7. The van der Waals surface area contributed by atoms with Crippen LogP contribution >= 0.6 is 0 Å².